The highest BCUT2D eigenvalue weighted by molar-refractivity contribution is 7.99. The molecule has 3 N–H and O–H groups in total. The molecule has 0 aliphatic carbocycles. The lowest BCUT2D eigenvalue weighted by molar-refractivity contribution is -0.245. The van der Waals surface area contributed by atoms with Gasteiger partial charge in [0.2, 0.25) is 0 Å². The number of carbonyl (C=O) groups is 1. The van der Waals surface area contributed by atoms with Gasteiger partial charge in [0.1, 0.15) is 0 Å². The zero-order valence-corrected chi connectivity index (χ0v) is 19.5. The molecule has 0 spiro atoms. The number of nitrogens with one attached hydrogen (secondary N) is 1. The summed E-state index contributed by atoms with van der Waals surface area (Å²) in [6, 6.07) is 18.6. The first-order chi connectivity index (χ1) is 16.7. The van der Waals surface area contributed by atoms with E-state index in [1.54, 1.807) is 30.1 Å². The van der Waals surface area contributed by atoms with E-state index in [0.29, 0.717) is 23.4 Å². The van der Waals surface area contributed by atoms with Crippen molar-refractivity contribution in [2.75, 3.05) is 23.4 Å². The molecule has 7 nitrogen and oxygen atoms in total. The lowest BCUT2D eigenvalue weighted by Gasteiger charge is -2.36. The monoisotopic (exact) mass is 480 g/mol. The zero-order chi connectivity index (χ0) is 23.8. The number of hydrogen-bond donors (Lipinski definition) is 3. The lowest BCUT2D eigenvalue weighted by atomic mass is 10.0. The smallest absolute Gasteiger partial charge is 0.257 e. The number of pyridine rings is 1. The highest BCUT2D eigenvalue weighted by Crippen LogP contribution is 2.39. The van der Waals surface area contributed by atoms with E-state index in [2.05, 4.69) is 10.3 Å². The van der Waals surface area contributed by atoms with Gasteiger partial charge in [0, 0.05) is 41.6 Å². The number of aliphatic hydroxyl groups is 2. The summed E-state index contributed by atoms with van der Waals surface area (Å²) in [6.45, 7) is 0.123. The Bertz CT molecular complexity index is 1060. The van der Waals surface area contributed by atoms with Crippen LogP contribution in [-0.4, -0.2) is 45.3 Å². The van der Waals surface area contributed by atoms with Crippen LogP contribution in [0.15, 0.2) is 73.1 Å². The van der Waals surface area contributed by atoms with Crippen molar-refractivity contribution in [2.45, 2.75) is 31.5 Å². The number of anilines is 1. The summed E-state index contributed by atoms with van der Waals surface area (Å²) >= 11 is 1.64. The molecule has 1 aromatic heterocycles. The van der Waals surface area contributed by atoms with Gasteiger partial charge in [0.15, 0.2) is 6.29 Å². The highest BCUT2D eigenvalue weighted by atomic mass is 32.2. The molecule has 1 amide bonds. The summed E-state index contributed by atoms with van der Waals surface area (Å²) in [5.74, 6) is 1.15. The second kappa shape index (κ2) is 12.1. The molecular weight excluding hydrogens is 452 g/mol. The number of carbonyl (C=O) groups excluding carboxylic acids is 1. The molecule has 178 valence electrons. The van der Waals surface area contributed by atoms with Crippen molar-refractivity contribution in [3.05, 3.63) is 95.3 Å². The Labute approximate surface area is 203 Å². The van der Waals surface area contributed by atoms with Crippen molar-refractivity contribution in [2.24, 2.45) is 0 Å². The molecule has 8 heteroatoms. The van der Waals surface area contributed by atoms with Gasteiger partial charge in [0.05, 0.1) is 31.0 Å². The van der Waals surface area contributed by atoms with E-state index in [4.69, 9.17) is 14.6 Å². The minimum Gasteiger partial charge on any atom is -0.396 e. The van der Waals surface area contributed by atoms with E-state index in [-0.39, 0.29) is 31.3 Å². The van der Waals surface area contributed by atoms with Crippen molar-refractivity contribution in [1.82, 2.24) is 4.98 Å². The number of rotatable bonds is 9. The van der Waals surface area contributed by atoms with E-state index in [9.17, 15) is 9.90 Å². The van der Waals surface area contributed by atoms with Gasteiger partial charge in [-0.2, -0.15) is 11.8 Å². The maximum Gasteiger partial charge on any atom is 0.257 e. The van der Waals surface area contributed by atoms with Gasteiger partial charge < -0.3 is 25.0 Å². The van der Waals surface area contributed by atoms with Crippen LogP contribution in [0.2, 0.25) is 0 Å². The second-order valence-electron chi connectivity index (χ2n) is 7.97. The highest BCUT2D eigenvalue weighted by Gasteiger charge is 2.32. The Balaban J connectivity index is 1.52. The van der Waals surface area contributed by atoms with Gasteiger partial charge in [-0.3, -0.25) is 9.78 Å². The second-order valence-corrected chi connectivity index (χ2v) is 9.12. The minimum atomic E-state index is -0.605. The average molecular weight is 481 g/mol. The molecule has 2 heterocycles. The van der Waals surface area contributed by atoms with Crippen LogP contribution in [0.4, 0.5) is 5.69 Å². The average Bonchev–Trinajstić information content (AvgIpc) is 2.89. The first-order valence-electron chi connectivity index (χ1n) is 11.2. The number of thioether (sulfide) groups is 1. The maximum atomic E-state index is 12.5. The summed E-state index contributed by atoms with van der Waals surface area (Å²) in [7, 11) is 0. The lowest BCUT2D eigenvalue weighted by Crippen LogP contribution is -2.31. The number of nitrogens with zero attached hydrogens (tertiary/aromatic N) is 1. The van der Waals surface area contributed by atoms with Crippen molar-refractivity contribution >= 4 is 23.4 Å². The van der Waals surface area contributed by atoms with E-state index in [0.717, 1.165) is 22.4 Å². The number of hydrogen-bond acceptors (Lipinski definition) is 7. The Kier molecular flexibility index (Phi) is 8.67. The van der Waals surface area contributed by atoms with Crippen LogP contribution < -0.4 is 5.32 Å². The van der Waals surface area contributed by atoms with Gasteiger partial charge >= 0.3 is 0 Å². The van der Waals surface area contributed by atoms with Crippen LogP contribution >= 0.6 is 11.8 Å². The van der Waals surface area contributed by atoms with Crippen LogP contribution in [0.3, 0.4) is 0 Å². The van der Waals surface area contributed by atoms with E-state index < -0.39 is 6.29 Å². The molecule has 34 heavy (non-hydrogen) atoms. The number of aliphatic hydroxyl groups excluding tert-OH is 2. The molecule has 0 radical (unpaired) electrons. The molecule has 3 aromatic rings. The molecule has 4 rings (SSSR count). The maximum absolute atomic E-state index is 12.5. The van der Waals surface area contributed by atoms with Crippen LogP contribution in [0, 0.1) is 0 Å². The van der Waals surface area contributed by atoms with Gasteiger partial charge in [0.25, 0.3) is 5.91 Å². The van der Waals surface area contributed by atoms with Crippen molar-refractivity contribution in [3.63, 3.8) is 0 Å². The molecule has 3 atom stereocenters. The molecule has 0 bridgehead atoms. The number of ether oxygens (including phenoxy) is 2. The van der Waals surface area contributed by atoms with Crippen molar-refractivity contribution < 1.29 is 24.5 Å². The fourth-order valence-electron chi connectivity index (χ4n) is 3.77. The summed E-state index contributed by atoms with van der Waals surface area (Å²) < 4.78 is 12.6. The Morgan fingerprint density at radius 2 is 1.91 bits per heavy atom. The molecule has 1 aliphatic heterocycles. The van der Waals surface area contributed by atoms with Gasteiger partial charge in [-0.1, -0.05) is 36.4 Å². The van der Waals surface area contributed by atoms with E-state index >= 15 is 0 Å². The Morgan fingerprint density at radius 1 is 1.06 bits per heavy atom. The first-order valence-corrected chi connectivity index (χ1v) is 12.3. The Hall–Kier alpha value is -2.75. The van der Waals surface area contributed by atoms with Crippen molar-refractivity contribution in [3.8, 4) is 0 Å². The molecule has 1 fully saturated rings. The van der Waals surface area contributed by atoms with Crippen LogP contribution in [0.5, 0.6) is 0 Å². The predicted molar refractivity (Wildman–Crippen MR) is 131 cm³/mol. The summed E-state index contributed by atoms with van der Waals surface area (Å²) in [6.07, 6.45) is 2.98. The zero-order valence-electron chi connectivity index (χ0n) is 18.7. The topological polar surface area (TPSA) is 101 Å². The summed E-state index contributed by atoms with van der Waals surface area (Å²) in [5.41, 5.74) is 3.78. The molecular formula is C26H28N2O5S. The van der Waals surface area contributed by atoms with Gasteiger partial charge in [-0.15, -0.1) is 0 Å². The normalized spacial score (nSPS) is 20.1. The predicted octanol–water partition coefficient (Wildman–Crippen LogP) is 4.10. The standard InChI is InChI=1S/C26H28N2O5S/c29-11-12-34-17-23-14-24(19-8-6-18(16-30)7-9-19)33-26(32-23)20-3-1-5-22(13-20)28-25(31)21-4-2-10-27-15-21/h1-10,13,15,23-24,26,29-30H,11-12,14,16-17H2,(H,28,31)/t23-,24+,26+/m0/s1. The minimum absolute atomic E-state index is 0.00444. The molecule has 1 saturated heterocycles. The van der Waals surface area contributed by atoms with Crippen molar-refractivity contribution in [1.29, 1.82) is 0 Å². The largest absolute Gasteiger partial charge is 0.396 e. The van der Waals surface area contributed by atoms with Gasteiger partial charge in [-0.05, 0) is 35.4 Å². The number of amides is 1. The third kappa shape index (κ3) is 6.43. The fourth-order valence-corrected chi connectivity index (χ4v) is 4.54. The summed E-state index contributed by atoms with van der Waals surface area (Å²) in [4.78, 5) is 16.5. The van der Waals surface area contributed by atoms with E-state index in [1.165, 1.54) is 6.20 Å². The first kappa shape index (κ1) is 24.4. The third-order valence-electron chi connectivity index (χ3n) is 5.49. The SMILES string of the molecule is O=C(Nc1cccc([C@@H]2O[C@H](CSCCO)C[C@H](c3ccc(CO)cc3)O2)c1)c1cccnc1. The number of aromatic nitrogens is 1. The van der Waals surface area contributed by atoms with Crippen LogP contribution in [0.1, 0.15) is 45.9 Å². The quantitative estimate of drug-likeness (QED) is 0.397. The van der Waals surface area contributed by atoms with E-state index in [1.807, 2.05) is 48.5 Å². The fraction of sp³-hybridized carbons (Fsp3) is 0.308. The number of benzene rings is 2. The summed E-state index contributed by atoms with van der Waals surface area (Å²) in [5, 5.41) is 21.4. The van der Waals surface area contributed by atoms with Crippen LogP contribution in [0.25, 0.3) is 0 Å². The Morgan fingerprint density at radius 3 is 2.65 bits per heavy atom. The third-order valence-corrected chi connectivity index (χ3v) is 6.57. The van der Waals surface area contributed by atoms with Gasteiger partial charge in [-0.25, -0.2) is 0 Å². The molecule has 0 unspecified atom stereocenters. The molecule has 0 saturated carbocycles. The van der Waals surface area contributed by atoms with Crippen LogP contribution in [-0.2, 0) is 16.1 Å². The molecule has 2 aromatic carbocycles. The molecule has 1 aliphatic rings.